The molecule has 3 rings (SSSR count). The Balaban J connectivity index is 2.12. The number of benzene rings is 3. The molecule has 0 bridgehead atoms. The summed E-state index contributed by atoms with van der Waals surface area (Å²) < 4.78 is 54.4. The zero-order valence-corrected chi connectivity index (χ0v) is 17.6. The van der Waals surface area contributed by atoms with Crippen LogP contribution in [0.2, 0.25) is 5.02 Å². The molecule has 0 unspecified atom stereocenters. The largest absolute Gasteiger partial charge is 0.280 e. The minimum absolute atomic E-state index is 0.0322. The Morgan fingerprint density at radius 1 is 0.786 bits per heavy atom. The molecule has 0 spiro atoms. The lowest BCUT2D eigenvalue weighted by atomic mass is 10.2. The normalized spacial score (nSPS) is 12.0. The van der Waals surface area contributed by atoms with E-state index in [1.807, 2.05) is 0 Å². The summed E-state index contributed by atoms with van der Waals surface area (Å²) in [7, 11) is -7.86. The Morgan fingerprint density at radius 2 is 1.36 bits per heavy atom. The fourth-order valence-corrected chi connectivity index (χ4v) is 6.03. The van der Waals surface area contributed by atoms with Crippen molar-refractivity contribution in [3.8, 4) is 0 Å². The van der Waals surface area contributed by atoms with E-state index < -0.39 is 19.9 Å². The highest BCUT2D eigenvalue weighted by Gasteiger charge is 2.26. The van der Waals surface area contributed by atoms with Crippen LogP contribution in [0.3, 0.4) is 0 Å². The van der Waals surface area contributed by atoms with E-state index >= 15 is 0 Å². The first kappa shape index (κ1) is 20.4. The van der Waals surface area contributed by atoms with Crippen molar-refractivity contribution < 1.29 is 16.8 Å². The summed E-state index contributed by atoms with van der Waals surface area (Å²) in [5.74, 6) is 0. The van der Waals surface area contributed by atoms with Gasteiger partial charge in [-0.15, -0.1) is 0 Å². The lowest BCUT2D eigenvalue weighted by Gasteiger charge is -2.15. The molecule has 0 saturated carbocycles. The summed E-state index contributed by atoms with van der Waals surface area (Å²) in [5.41, 5.74) is 1.02. The molecular weight excluding hydrogens is 418 g/mol. The number of rotatable bonds is 5. The summed E-state index contributed by atoms with van der Waals surface area (Å²) in [6, 6.07) is 17.1. The molecule has 8 heteroatoms. The predicted octanol–water partition coefficient (Wildman–Crippen LogP) is 4.59. The molecule has 0 saturated heterocycles. The van der Waals surface area contributed by atoms with Crippen LogP contribution in [0.25, 0.3) is 0 Å². The zero-order chi connectivity index (χ0) is 20.5. The van der Waals surface area contributed by atoms with Crippen LogP contribution in [0, 0.1) is 13.8 Å². The van der Waals surface area contributed by atoms with Crippen molar-refractivity contribution in [2.45, 2.75) is 28.5 Å². The SMILES string of the molecule is Cc1cc(S(=O)(=O)Nc2ccc(Cl)cc2)c(C)c(S(=O)(=O)c2ccccc2)c1. The molecule has 0 aromatic heterocycles. The lowest BCUT2D eigenvalue weighted by Crippen LogP contribution is -2.16. The van der Waals surface area contributed by atoms with E-state index in [1.165, 1.54) is 43.3 Å². The van der Waals surface area contributed by atoms with Crippen LogP contribution < -0.4 is 4.72 Å². The first-order chi connectivity index (χ1) is 13.1. The minimum atomic E-state index is -4.00. The molecule has 0 aliphatic heterocycles. The average molecular weight is 436 g/mol. The number of sulfone groups is 1. The molecule has 28 heavy (non-hydrogen) atoms. The molecule has 0 aliphatic rings. The maximum atomic E-state index is 13.1. The van der Waals surface area contributed by atoms with Crippen molar-refractivity contribution in [1.82, 2.24) is 0 Å². The van der Waals surface area contributed by atoms with Gasteiger partial charge in [0.05, 0.1) is 14.7 Å². The standard InChI is InChI=1S/C20H18ClNO4S2/c1-14-12-19(27(23,24)18-6-4-3-5-7-18)15(2)20(13-14)28(25,26)22-17-10-8-16(21)9-11-17/h3-13,22H,1-2H3. The molecular formula is C20H18ClNO4S2. The van der Waals surface area contributed by atoms with Crippen molar-refractivity contribution in [3.63, 3.8) is 0 Å². The van der Waals surface area contributed by atoms with Crippen LogP contribution in [-0.2, 0) is 19.9 Å². The van der Waals surface area contributed by atoms with E-state index in [1.54, 1.807) is 37.3 Å². The van der Waals surface area contributed by atoms with E-state index in [2.05, 4.69) is 4.72 Å². The molecule has 0 amide bonds. The number of nitrogens with one attached hydrogen (secondary N) is 1. The van der Waals surface area contributed by atoms with E-state index in [-0.39, 0.29) is 20.2 Å². The number of anilines is 1. The second-order valence-corrected chi connectivity index (χ2v) is 10.3. The van der Waals surface area contributed by atoms with Crippen molar-refractivity contribution >= 4 is 37.1 Å². The monoisotopic (exact) mass is 435 g/mol. The van der Waals surface area contributed by atoms with Gasteiger partial charge in [0.2, 0.25) is 9.84 Å². The smallest absolute Gasteiger partial charge is 0.262 e. The third-order valence-corrected chi connectivity index (χ3v) is 7.84. The fourth-order valence-electron chi connectivity index (χ4n) is 2.81. The third-order valence-electron chi connectivity index (χ3n) is 4.19. The highest BCUT2D eigenvalue weighted by molar-refractivity contribution is 7.93. The van der Waals surface area contributed by atoms with Gasteiger partial charge < -0.3 is 0 Å². The molecule has 1 N–H and O–H groups in total. The molecule has 146 valence electrons. The van der Waals surface area contributed by atoms with Crippen LogP contribution in [-0.4, -0.2) is 16.8 Å². The van der Waals surface area contributed by atoms with Gasteiger partial charge in [-0.25, -0.2) is 16.8 Å². The van der Waals surface area contributed by atoms with Gasteiger partial charge in [0, 0.05) is 10.7 Å². The molecule has 3 aromatic rings. The molecule has 0 atom stereocenters. The highest BCUT2D eigenvalue weighted by atomic mass is 35.5. The average Bonchev–Trinajstić information content (AvgIpc) is 2.65. The Bertz CT molecular complexity index is 1220. The maximum absolute atomic E-state index is 13.1. The topological polar surface area (TPSA) is 80.3 Å². The van der Waals surface area contributed by atoms with Gasteiger partial charge in [-0.1, -0.05) is 29.8 Å². The van der Waals surface area contributed by atoms with Crippen molar-refractivity contribution in [3.05, 3.63) is 82.9 Å². The van der Waals surface area contributed by atoms with Crippen LogP contribution >= 0.6 is 11.6 Å². The molecule has 0 aliphatic carbocycles. The van der Waals surface area contributed by atoms with Crippen LogP contribution in [0.5, 0.6) is 0 Å². The number of aryl methyl sites for hydroxylation is 1. The van der Waals surface area contributed by atoms with Gasteiger partial charge >= 0.3 is 0 Å². The molecule has 0 radical (unpaired) electrons. The molecule has 5 nitrogen and oxygen atoms in total. The van der Waals surface area contributed by atoms with E-state index in [4.69, 9.17) is 11.6 Å². The van der Waals surface area contributed by atoms with Gasteiger partial charge in [0.25, 0.3) is 10.0 Å². The van der Waals surface area contributed by atoms with Gasteiger partial charge in [0.15, 0.2) is 0 Å². The molecule has 3 aromatic carbocycles. The first-order valence-corrected chi connectivity index (χ1v) is 11.7. The Labute approximate surface area is 170 Å². The second kappa shape index (κ2) is 7.58. The van der Waals surface area contributed by atoms with E-state index in [9.17, 15) is 16.8 Å². The predicted molar refractivity (Wildman–Crippen MR) is 110 cm³/mol. The summed E-state index contributed by atoms with van der Waals surface area (Å²) in [6.45, 7) is 3.15. The number of halogens is 1. The number of hydrogen-bond acceptors (Lipinski definition) is 4. The summed E-state index contributed by atoms with van der Waals surface area (Å²) in [5, 5.41) is 0.478. The van der Waals surface area contributed by atoms with E-state index in [0.29, 0.717) is 16.3 Å². The van der Waals surface area contributed by atoms with Gasteiger partial charge in [-0.05, 0) is 73.5 Å². The minimum Gasteiger partial charge on any atom is -0.280 e. The Morgan fingerprint density at radius 3 is 1.96 bits per heavy atom. The summed E-state index contributed by atoms with van der Waals surface area (Å²) >= 11 is 5.83. The molecule has 0 heterocycles. The highest BCUT2D eigenvalue weighted by Crippen LogP contribution is 2.30. The van der Waals surface area contributed by atoms with Crippen molar-refractivity contribution in [2.24, 2.45) is 0 Å². The zero-order valence-electron chi connectivity index (χ0n) is 15.2. The summed E-state index contributed by atoms with van der Waals surface area (Å²) in [4.78, 5) is -0.00940. The van der Waals surface area contributed by atoms with Crippen LogP contribution in [0.15, 0.2) is 81.4 Å². The Hall–Kier alpha value is -2.35. The molecule has 0 fully saturated rings. The van der Waals surface area contributed by atoms with E-state index in [0.717, 1.165) is 0 Å². The van der Waals surface area contributed by atoms with Gasteiger partial charge in [-0.3, -0.25) is 4.72 Å². The van der Waals surface area contributed by atoms with Crippen LogP contribution in [0.4, 0.5) is 5.69 Å². The van der Waals surface area contributed by atoms with Crippen LogP contribution in [0.1, 0.15) is 11.1 Å². The quantitative estimate of drug-likeness (QED) is 0.635. The fraction of sp³-hybridized carbons (Fsp3) is 0.100. The maximum Gasteiger partial charge on any atom is 0.262 e. The lowest BCUT2D eigenvalue weighted by molar-refractivity contribution is 0.594. The van der Waals surface area contributed by atoms with Crippen molar-refractivity contribution in [1.29, 1.82) is 0 Å². The summed E-state index contributed by atoms with van der Waals surface area (Å²) in [6.07, 6.45) is 0. The van der Waals surface area contributed by atoms with Crippen molar-refractivity contribution in [2.75, 3.05) is 4.72 Å². The third kappa shape index (κ3) is 4.06. The Kier molecular flexibility index (Phi) is 5.52. The van der Waals surface area contributed by atoms with Gasteiger partial charge in [-0.2, -0.15) is 0 Å². The van der Waals surface area contributed by atoms with Gasteiger partial charge in [0.1, 0.15) is 0 Å². The number of hydrogen-bond donors (Lipinski definition) is 1. The number of sulfonamides is 1. The second-order valence-electron chi connectivity index (χ2n) is 6.32. The first-order valence-electron chi connectivity index (χ1n) is 8.31.